The molecule has 0 radical (unpaired) electrons. The molecule has 20 heteroatoms. The van der Waals surface area contributed by atoms with Gasteiger partial charge in [-0.1, -0.05) is 12.2 Å². The van der Waals surface area contributed by atoms with Gasteiger partial charge in [-0.3, -0.25) is 44.0 Å². The second-order valence-corrected chi connectivity index (χ2v) is 13.5. The zero-order valence-electron chi connectivity index (χ0n) is 32.0. The summed E-state index contributed by atoms with van der Waals surface area (Å²) in [5, 5.41) is 18.8. The van der Waals surface area contributed by atoms with E-state index in [1.165, 1.54) is 16.9 Å². The molecule has 20 nitrogen and oxygen atoms in total. The van der Waals surface area contributed by atoms with E-state index >= 15 is 0 Å². The predicted molar refractivity (Wildman–Crippen MR) is 211 cm³/mol. The van der Waals surface area contributed by atoms with Crippen LogP contribution in [-0.4, -0.2) is 72.3 Å². The number of anilines is 3. The van der Waals surface area contributed by atoms with Gasteiger partial charge in [0.25, 0.3) is 11.7 Å². The van der Waals surface area contributed by atoms with Crippen molar-refractivity contribution in [2.45, 2.75) is 60.4 Å². The summed E-state index contributed by atoms with van der Waals surface area (Å²) in [7, 11) is 0. The van der Waals surface area contributed by atoms with Gasteiger partial charge in [0.15, 0.2) is 17.0 Å². The van der Waals surface area contributed by atoms with Crippen molar-refractivity contribution in [2.75, 3.05) is 16.0 Å². The van der Waals surface area contributed by atoms with Gasteiger partial charge in [0.05, 0.1) is 28.0 Å². The molecule has 0 bridgehead atoms. The zero-order valence-corrected chi connectivity index (χ0v) is 32.0. The number of aryl methyl sites for hydroxylation is 4. The summed E-state index contributed by atoms with van der Waals surface area (Å²) in [5.41, 5.74) is 15.9. The largest absolute Gasteiger partial charge is 0.379 e. The van der Waals surface area contributed by atoms with Gasteiger partial charge < -0.3 is 21.4 Å². The average molecular weight is 784 g/mol. The number of nitrogens with zero attached hydrogens (tertiary/aromatic N) is 11. The van der Waals surface area contributed by atoms with Crippen LogP contribution in [0, 0.1) is 13.8 Å². The molecule has 0 fully saturated rings. The molecule has 294 valence electrons. The first-order valence-corrected chi connectivity index (χ1v) is 18.4. The average Bonchev–Trinajstić information content (AvgIpc) is 3.94. The van der Waals surface area contributed by atoms with Crippen LogP contribution >= 0.6 is 0 Å². The van der Waals surface area contributed by atoms with Crippen LogP contribution in [0.3, 0.4) is 0 Å². The van der Waals surface area contributed by atoms with E-state index in [4.69, 9.17) is 21.5 Å². The molecule has 1 aliphatic rings. The lowest BCUT2D eigenvalue weighted by Crippen LogP contribution is -2.44. The third kappa shape index (κ3) is 6.44. The van der Waals surface area contributed by atoms with Gasteiger partial charge in [-0.2, -0.15) is 9.67 Å². The van der Waals surface area contributed by atoms with Crippen LogP contribution in [0.4, 0.5) is 17.6 Å². The number of benzene rings is 1. The van der Waals surface area contributed by atoms with Crippen LogP contribution in [0.5, 0.6) is 0 Å². The molecule has 7 N–H and O–H groups in total. The van der Waals surface area contributed by atoms with E-state index in [9.17, 15) is 19.2 Å². The number of carbonyl (C=O) groups is 4. The first kappa shape index (κ1) is 37.2. The van der Waals surface area contributed by atoms with Crippen molar-refractivity contribution in [3.63, 3.8) is 0 Å². The van der Waals surface area contributed by atoms with Crippen molar-refractivity contribution in [2.24, 2.45) is 11.5 Å². The Morgan fingerprint density at radius 3 is 2.21 bits per heavy atom. The highest BCUT2D eigenvalue weighted by molar-refractivity contribution is 6.07. The standard InChI is InChI=1S/C38H38N16O4/c1-5-52-30-28(20(3)48-52)54-21(4)49-53(6-2)36(54)35(58)47-38-45-27-17-24(32(40)56)19-43-33(27)51(38)14-8-7-13-50-29-25(42-18-22-9-11-41-12-10-22)15-23(31(39)55)16-26(29)44-37(50)46-34(30)57/h7-12,15-17,19,42H,5-6,13-14,18H2,1-4H3,(H5-,39,40,44,45,46,47,55,56,57,58)/p+1/b8-7+. The third-order valence-corrected chi connectivity index (χ3v) is 9.80. The number of amides is 4. The molecule has 0 aliphatic carbocycles. The minimum absolute atomic E-state index is 0.107. The first-order valence-electron chi connectivity index (χ1n) is 18.4. The van der Waals surface area contributed by atoms with Crippen LogP contribution < -0.4 is 32.0 Å². The second kappa shape index (κ2) is 14.7. The Labute approximate surface area is 329 Å². The van der Waals surface area contributed by atoms with Gasteiger partial charge in [-0.15, -0.1) is 4.68 Å². The fourth-order valence-corrected chi connectivity index (χ4v) is 7.14. The highest BCUT2D eigenvalue weighted by Gasteiger charge is 2.37. The van der Waals surface area contributed by atoms with Gasteiger partial charge in [0, 0.05) is 62.4 Å². The van der Waals surface area contributed by atoms with E-state index in [1.807, 2.05) is 42.7 Å². The molecule has 0 saturated heterocycles. The molecular formula is C38H39N16O4+. The topological polar surface area (TPSA) is 257 Å². The number of aromatic nitrogens is 11. The highest BCUT2D eigenvalue weighted by atomic mass is 16.2. The van der Waals surface area contributed by atoms with E-state index in [1.54, 1.807) is 52.2 Å². The Balaban J connectivity index is 1.36. The molecule has 0 spiro atoms. The number of imidazole rings is 2. The van der Waals surface area contributed by atoms with E-state index in [-0.39, 0.29) is 47.6 Å². The van der Waals surface area contributed by atoms with E-state index in [2.05, 4.69) is 36.0 Å². The van der Waals surface area contributed by atoms with Crippen molar-refractivity contribution in [1.29, 1.82) is 0 Å². The second-order valence-electron chi connectivity index (χ2n) is 13.5. The van der Waals surface area contributed by atoms with Gasteiger partial charge in [0.2, 0.25) is 23.7 Å². The number of nitrogens with one attached hydrogen (secondary N) is 3. The fourth-order valence-electron chi connectivity index (χ4n) is 7.14. The van der Waals surface area contributed by atoms with Crippen LogP contribution in [0.15, 0.2) is 61.1 Å². The number of pyridine rings is 2. The number of primary amides is 2. The van der Waals surface area contributed by atoms with Crippen molar-refractivity contribution >= 4 is 63.4 Å². The molecule has 0 atom stereocenters. The number of carbonyl (C=O) groups excluding carboxylic acids is 4. The van der Waals surface area contributed by atoms with Crippen LogP contribution in [-0.2, 0) is 32.7 Å². The van der Waals surface area contributed by atoms with E-state index in [0.29, 0.717) is 64.7 Å². The molecule has 58 heavy (non-hydrogen) atoms. The summed E-state index contributed by atoms with van der Waals surface area (Å²) < 4.78 is 8.21. The van der Waals surface area contributed by atoms with Crippen molar-refractivity contribution in [3.8, 4) is 5.69 Å². The Kier molecular flexibility index (Phi) is 9.43. The molecule has 6 aromatic heterocycles. The predicted octanol–water partition coefficient (Wildman–Crippen LogP) is 2.39. The van der Waals surface area contributed by atoms with Gasteiger partial charge in [-0.25, -0.2) is 15.0 Å². The first-order chi connectivity index (χ1) is 28.0. The molecule has 0 unspecified atom stereocenters. The molecule has 1 aliphatic heterocycles. The van der Waals surface area contributed by atoms with E-state index in [0.717, 1.165) is 5.56 Å². The summed E-state index contributed by atoms with van der Waals surface area (Å²) in [6.45, 7) is 8.59. The molecule has 7 aromatic rings. The van der Waals surface area contributed by atoms with Crippen LogP contribution in [0.25, 0.3) is 27.9 Å². The molecule has 4 amide bonds. The maximum atomic E-state index is 14.7. The van der Waals surface area contributed by atoms with E-state index < -0.39 is 23.6 Å². The lowest BCUT2D eigenvalue weighted by atomic mass is 10.1. The molecule has 0 saturated carbocycles. The lowest BCUT2D eigenvalue weighted by Gasteiger charge is -2.14. The third-order valence-electron chi connectivity index (χ3n) is 9.80. The quantitative estimate of drug-likeness (QED) is 0.116. The van der Waals surface area contributed by atoms with Crippen molar-refractivity contribution < 1.29 is 23.7 Å². The Morgan fingerprint density at radius 2 is 1.50 bits per heavy atom. The van der Waals surface area contributed by atoms with Crippen LogP contribution in [0.1, 0.15) is 72.8 Å². The molecule has 1 aromatic carbocycles. The Bertz CT molecular complexity index is 2850. The number of hydrogen-bond donors (Lipinski definition) is 5. The molecule has 7 heterocycles. The summed E-state index contributed by atoms with van der Waals surface area (Å²) in [6.07, 6.45) is 8.44. The number of rotatable bonds is 7. The smallest absolute Gasteiger partial charge is 0.331 e. The van der Waals surface area contributed by atoms with Gasteiger partial charge >= 0.3 is 11.7 Å². The SMILES string of the molecule is CCn1nc(C)c2c1C(=O)Nc1nc3cc(C(N)=O)cc(NCc4ccncc4)c3n1C/C=C/Cn1c(nc3cc(C(N)=O)cnc31)NC(=O)c1n(CC)nc(C)[n+]1-2. The van der Waals surface area contributed by atoms with Crippen molar-refractivity contribution in [1.82, 2.24) is 48.6 Å². The lowest BCUT2D eigenvalue weighted by molar-refractivity contribution is -0.606. The monoisotopic (exact) mass is 783 g/mol. The van der Waals surface area contributed by atoms with Gasteiger partial charge in [-0.05, 0) is 56.7 Å². The van der Waals surface area contributed by atoms with Gasteiger partial charge in [0.1, 0.15) is 12.1 Å². The Hall–Kier alpha value is -7.77. The Morgan fingerprint density at radius 1 is 0.845 bits per heavy atom. The number of fused-ring (bicyclic) bond motifs is 9. The summed E-state index contributed by atoms with van der Waals surface area (Å²) >= 11 is 0. The van der Waals surface area contributed by atoms with Crippen LogP contribution in [0.2, 0.25) is 0 Å². The number of nitrogens with two attached hydrogens (primary N) is 2. The normalized spacial score (nSPS) is 13.7. The van der Waals surface area contributed by atoms with Crippen molar-refractivity contribution in [3.05, 3.63) is 101 Å². The molecule has 8 rings (SSSR count). The maximum absolute atomic E-state index is 14.7. The minimum Gasteiger partial charge on any atom is -0.379 e. The number of allylic oxidation sites excluding steroid dienone is 2. The minimum atomic E-state index is -0.675. The summed E-state index contributed by atoms with van der Waals surface area (Å²) in [6, 6.07) is 8.49. The summed E-state index contributed by atoms with van der Waals surface area (Å²) in [5.74, 6) is -1.59. The maximum Gasteiger partial charge on any atom is 0.331 e. The molecular weight excluding hydrogens is 745 g/mol. The fraction of sp³-hybridized carbons (Fsp3) is 0.237. The summed E-state index contributed by atoms with van der Waals surface area (Å²) in [4.78, 5) is 71.9. The number of hydrogen-bond acceptors (Lipinski definition) is 11. The highest BCUT2D eigenvalue weighted by Crippen LogP contribution is 2.31. The zero-order chi connectivity index (χ0) is 40.8.